The molecule has 0 fully saturated rings. The number of nitrogens with one attached hydrogen (secondary N) is 2. The van der Waals surface area contributed by atoms with E-state index in [-0.39, 0.29) is 0 Å². The van der Waals surface area contributed by atoms with Crippen molar-refractivity contribution in [1.82, 2.24) is 10.6 Å². The predicted octanol–water partition coefficient (Wildman–Crippen LogP) is 3.63. The highest BCUT2D eigenvalue weighted by atomic mass is 14.9. The standard InChI is InChI=1S/C16H30N2/c1-6-9-12-16(7-2)18-15(5)14(4)11-10-13-17-8-3/h8-12,14-18H,3,6-7,13H2,1-2,4-5H3/b11-10-,12-9-/t14-,15?,16?/m1/s1. The summed E-state index contributed by atoms with van der Waals surface area (Å²) in [6.07, 6.45) is 12.9. The van der Waals surface area contributed by atoms with Crippen LogP contribution in [0.25, 0.3) is 0 Å². The number of allylic oxidation sites excluding steroid dienone is 1. The molecule has 0 aromatic heterocycles. The minimum Gasteiger partial charge on any atom is -0.388 e. The zero-order valence-electron chi connectivity index (χ0n) is 12.4. The lowest BCUT2D eigenvalue weighted by molar-refractivity contribution is 0.420. The molecular weight excluding hydrogens is 220 g/mol. The Morgan fingerprint density at radius 3 is 2.39 bits per heavy atom. The Morgan fingerprint density at radius 1 is 1.11 bits per heavy atom. The maximum Gasteiger partial charge on any atom is 0.0325 e. The summed E-state index contributed by atoms with van der Waals surface area (Å²) in [7, 11) is 0. The summed E-state index contributed by atoms with van der Waals surface area (Å²) in [6.45, 7) is 13.4. The van der Waals surface area contributed by atoms with E-state index in [0.717, 1.165) is 19.4 Å². The molecule has 0 radical (unpaired) electrons. The van der Waals surface area contributed by atoms with Crippen LogP contribution in [0.5, 0.6) is 0 Å². The van der Waals surface area contributed by atoms with Crippen molar-refractivity contribution in [3.05, 3.63) is 37.1 Å². The third-order valence-electron chi connectivity index (χ3n) is 3.13. The van der Waals surface area contributed by atoms with Gasteiger partial charge in [0, 0.05) is 18.6 Å². The van der Waals surface area contributed by atoms with Gasteiger partial charge in [0.15, 0.2) is 0 Å². The average molecular weight is 250 g/mol. The van der Waals surface area contributed by atoms with E-state index in [0.29, 0.717) is 18.0 Å². The van der Waals surface area contributed by atoms with Crippen molar-refractivity contribution in [2.75, 3.05) is 6.54 Å². The normalized spacial score (nSPS) is 16.9. The smallest absolute Gasteiger partial charge is 0.0325 e. The topological polar surface area (TPSA) is 24.1 Å². The van der Waals surface area contributed by atoms with Gasteiger partial charge in [-0.3, -0.25) is 0 Å². The molecule has 0 amide bonds. The Kier molecular flexibility index (Phi) is 10.5. The van der Waals surface area contributed by atoms with E-state index in [4.69, 9.17) is 0 Å². The predicted molar refractivity (Wildman–Crippen MR) is 82.6 cm³/mol. The highest BCUT2D eigenvalue weighted by Gasteiger charge is 2.11. The van der Waals surface area contributed by atoms with Crippen molar-refractivity contribution in [2.24, 2.45) is 5.92 Å². The molecule has 104 valence electrons. The second kappa shape index (κ2) is 11.1. The summed E-state index contributed by atoms with van der Waals surface area (Å²) >= 11 is 0. The van der Waals surface area contributed by atoms with Gasteiger partial charge in [0.05, 0.1) is 0 Å². The van der Waals surface area contributed by atoms with E-state index < -0.39 is 0 Å². The van der Waals surface area contributed by atoms with Gasteiger partial charge in [0.1, 0.15) is 0 Å². The van der Waals surface area contributed by atoms with E-state index in [1.54, 1.807) is 6.20 Å². The molecule has 0 spiro atoms. The van der Waals surface area contributed by atoms with Crippen molar-refractivity contribution in [3.63, 3.8) is 0 Å². The Morgan fingerprint density at radius 2 is 1.83 bits per heavy atom. The van der Waals surface area contributed by atoms with Crippen LogP contribution >= 0.6 is 0 Å². The number of hydrogen-bond donors (Lipinski definition) is 2. The van der Waals surface area contributed by atoms with Crippen molar-refractivity contribution >= 4 is 0 Å². The number of hydrogen-bond acceptors (Lipinski definition) is 2. The van der Waals surface area contributed by atoms with Gasteiger partial charge in [0.2, 0.25) is 0 Å². The molecule has 0 bridgehead atoms. The second-order valence-electron chi connectivity index (χ2n) is 4.71. The highest BCUT2D eigenvalue weighted by Crippen LogP contribution is 2.07. The molecule has 2 heteroatoms. The van der Waals surface area contributed by atoms with Gasteiger partial charge >= 0.3 is 0 Å². The van der Waals surface area contributed by atoms with Crippen LogP contribution in [0.3, 0.4) is 0 Å². The molecule has 18 heavy (non-hydrogen) atoms. The molecule has 0 aromatic carbocycles. The van der Waals surface area contributed by atoms with Crippen LogP contribution in [0.1, 0.15) is 40.5 Å². The zero-order valence-corrected chi connectivity index (χ0v) is 12.4. The largest absolute Gasteiger partial charge is 0.388 e. The molecule has 0 aromatic rings. The van der Waals surface area contributed by atoms with E-state index in [1.807, 2.05) is 0 Å². The summed E-state index contributed by atoms with van der Waals surface area (Å²) in [5, 5.41) is 6.73. The van der Waals surface area contributed by atoms with Crippen LogP contribution in [-0.2, 0) is 0 Å². The van der Waals surface area contributed by atoms with Crippen molar-refractivity contribution < 1.29 is 0 Å². The first-order valence-electron chi connectivity index (χ1n) is 7.09. The lowest BCUT2D eigenvalue weighted by atomic mass is 10.0. The lowest BCUT2D eigenvalue weighted by Gasteiger charge is -2.23. The summed E-state index contributed by atoms with van der Waals surface area (Å²) in [6, 6.07) is 0.971. The summed E-state index contributed by atoms with van der Waals surface area (Å²) in [4.78, 5) is 0. The Bertz CT molecular complexity index is 256. The van der Waals surface area contributed by atoms with Crippen molar-refractivity contribution in [2.45, 2.75) is 52.6 Å². The molecule has 0 aliphatic rings. The summed E-state index contributed by atoms with van der Waals surface area (Å²) in [5.41, 5.74) is 0. The number of rotatable bonds is 10. The average Bonchev–Trinajstić information content (AvgIpc) is 2.38. The van der Waals surface area contributed by atoms with Gasteiger partial charge in [-0.1, -0.05) is 51.7 Å². The Labute approximate surface area is 113 Å². The molecule has 0 aliphatic heterocycles. The maximum absolute atomic E-state index is 3.66. The fourth-order valence-corrected chi connectivity index (χ4v) is 1.70. The first-order chi connectivity index (χ1) is 8.65. The molecule has 0 rings (SSSR count). The quantitative estimate of drug-likeness (QED) is 0.457. The SMILES string of the molecule is C=CNC/C=C\[C@@H](C)C(C)NC(/C=C\CC)CC. The second-order valence-corrected chi connectivity index (χ2v) is 4.71. The zero-order chi connectivity index (χ0) is 13.8. The first-order valence-corrected chi connectivity index (χ1v) is 7.09. The van der Waals surface area contributed by atoms with E-state index in [9.17, 15) is 0 Å². The Balaban J connectivity index is 4.11. The van der Waals surface area contributed by atoms with Gasteiger partial charge < -0.3 is 10.6 Å². The van der Waals surface area contributed by atoms with Crippen LogP contribution < -0.4 is 10.6 Å². The van der Waals surface area contributed by atoms with Crippen LogP contribution in [0.4, 0.5) is 0 Å². The minimum absolute atomic E-state index is 0.483. The van der Waals surface area contributed by atoms with Gasteiger partial charge in [-0.15, -0.1) is 0 Å². The van der Waals surface area contributed by atoms with Crippen LogP contribution in [0.2, 0.25) is 0 Å². The van der Waals surface area contributed by atoms with E-state index in [2.05, 4.69) is 69.2 Å². The van der Waals surface area contributed by atoms with Crippen LogP contribution in [-0.4, -0.2) is 18.6 Å². The molecule has 2 N–H and O–H groups in total. The van der Waals surface area contributed by atoms with E-state index >= 15 is 0 Å². The fraction of sp³-hybridized carbons (Fsp3) is 0.625. The highest BCUT2D eigenvalue weighted by molar-refractivity contribution is 4.97. The molecule has 0 saturated heterocycles. The van der Waals surface area contributed by atoms with Crippen LogP contribution in [0.15, 0.2) is 37.1 Å². The Hall–Kier alpha value is -1.02. The van der Waals surface area contributed by atoms with Gasteiger partial charge in [-0.25, -0.2) is 0 Å². The van der Waals surface area contributed by atoms with Crippen LogP contribution in [0, 0.1) is 5.92 Å². The molecular formula is C16H30N2. The molecule has 3 atom stereocenters. The summed E-state index contributed by atoms with van der Waals surface area (Å²) < 4.78 is 0. The fourth-order valence-electron chi connectivity index (χ4n) is 1.70. The van der Waals surface area contributed by atoms with Crippen molar-refractivity contribution in [3.8, 4) is 0 Å². The third kappa shape index (κ3) is 8.13. The molecule has 0 aliphatic carbocycles. The van der Waals surface area contributed by atoms with Gasteiger partial charge in [-0.2, -0.15) is 0 Å². The summed E-state index contributed by atoms with van der Waals surface area (Å²) in [5.74, 6) is 0.528. The van der Waals surface area contributed by atoms with Gasteiger partial charge in [0.25, 0.3) is 0 Å². The molecule has 0 saturated carbocycles. The third-order valence-corrected chi connectivity index (χ3v) is 3.13. The molecule has 2 unspecified atom stereocenters. The monoisotopic (exact) mass is 250 g/mol. The first kappa shape index (κ1) is 17.0. The van der Waals surface area contributed by atoms with Crippen molar-refractivity contribution in [1.29, 1.82) is 0 Å². The molecule has 2 nitrogen and oxygen atoms in total. The maximum atomic E-state index is 3.66. The lowest BCUT2D eigenvalue weighted by Crippen LogP contribution is -2.38. The minimum atomic E-state index is 0.483. The van der Waals surface area contributed by atoms with E-state index in [1.165, 1.54) is 0 Å². The van der Waals surface area contributed by atoms with Gasteiger partial charge in [-0.05, 0) is 31.9 Å². The molecule has 0 heterocycles.